The minimum atomic E-state index is 1.07. The summed E-state index contributed by atoms with van der Waals surface area (Å²) in [5, 5.41) is 3.71. The van der Waals surface area contributed by atoms with Crippen LogP contribution in [0.25, 0.3) is 84.0 Å². The molecule has 0 aliphatic heterocycles. The molecule has 1 heterocycles. The third-order valence-electron chi connectivity index (χ3n) is 11.7. The second kappa shape index (κ2) is 16.4. The fourth-order valence-corrected chi connectivity index (χ4v) is 8.64. The van der Waals surface area contributed by atoms with Crippen LogP contribution in [0.1, 0.15) is 18.2 Å². The largest absolute Gasteiger partial charge is 0.311 e. The van der Waals surface area contributed by atoms with Gasteiger partial charge in [-0.3, -0.25) is 0 Å². The molecule has 10 aromatic rings. The maximum atomic E-state index is 4.22. The number of aromatic nitrogens is 1. The molecule has 0 atom stereocenters. The van der Waals surface area contributed by atoms with Crippen molar-refractivity contribution >= 4 is 50.9 Å². The molecule has 0 saturated heterocycles. The van der Waals surface area contributed by atoms with Gasteiger partial charge in [-0.05, 0) is 135 Å². The molecule has 0 bridgehead atoms. The monoisotopic (exact) mass is 780 g/mol. The molecule has 2 heteroatoms. The van der Waals surface area contributed by atoms with Crippen molar-refractivity contribution in [1.82, 2.24) is 4.57 Å². The maximum absolute atomic E-state index is 4.22. The Hall–Kier alpha value is -7.94. The number of allylic oxidation sites excluding steroid dienone is 1. The molecular formula is C59H44N2. The third-order valence-corrected chi connectivity index (χ3v) is 11.7. The van der Waals surface area contributed by atoms with E-state index < -0.39 is 0 Å². The lowest BCUT2D eigenvalue weighted by atomic mass is 9.97. The SMILES string of the molecule is C=Cc1c(/C=C\C)c2ccccc2n1-c1ccc(N(c2ccc(-c3ccc(-c4ccccc4)cc3)cc2)c2ccc(-c3cccc(-c4ccc5ccccc5c4)c3)cc2)cc1. The van der Waals surface area contributed by atoms with Crippen molar-refractivity contribution in [1.29, 1.82) is 0 Å². The number of hydrogen-bond acceptors (Lipinski definition) is 1. The average Bonchev–Trinajstić information content (AvgIpc) is 3.65. The van der Waals surface area contributed by atoms with Gasteiger partial charge in [0.05, 0.1) is 11.2 Å². The summed E-state index contributed by atoms with van der Waals surface area (Å²) in [6, 6.07) is 78.8. The first-order valence-electron chi connectivity index (χ1n) is 20.9. The van der Waals surface area contributed by atoms with Gasteiger partial charge in [0.2, 0.25) is 0 Å². The van der Waals surface area contributed by atoms with Gasteiger partial charge in [-0.15, -0.1) is 0 Å². The summed E-state index contributed by atoms with van der Waals surface area (Å²) in [4.78, 5) is 2.34. The van der Waals surface area contributed by atoms with Crippen LogP contribution >= 0.6 is 0 Å². The summed E-state index contributed by atoms with van der Waals surface area (Å²) in [5.74, 6) is 0. The highest BCUT2D eigenvalue weighted by Crippen LogP contribution is 2.39. The van der Waals surface area contributed by atoms with E-state index in [-0.39, 0.29) is 0 Å². The zero-order chi connectivity index (χ0) is 41.1. The van der Waals surface area contributed by atoms with Gasteiger partial charge in [0.25, 0.3) is 0 Å². The predicted molar refractivity (Wildman–Crippen MR) is 262 cm³/mol. The molecule has 1 aromatic heterocycles. The quantitative estimate of drug-likeness (QED) is 0.134. The van der Waals surface area contributed by atoms with Crippen molar-refractivity contribution in [2.24, 2.45) is 0 Å². The lowest BCUT2D eigenvalue weighted by Gasteiger charge is -2.26. The molecule has 10 rings (SSSR count). The number of nitrogens with zero attached hydrogens (tertiary/aromatic N) is 2. The molecule has 0 spiro atoms. The van der Waals surface area contributed by atoms with Gasteiger partial charge >= 0.3 is 0 Å². The van der Waals surface area contributed by atoms with E-state index in [2.05, 4.69) is 254 Å². The van der Waals surface area contributed by atoms with Crippen LogP contribution in [-0.2, 0) is 0 Å². The molecule has 0 fully saturated rings. The van der Waals surface area contributed by atoms with Crippen molar-refractivity contribution < 1.29 is 0 Å². The molecule has 290 valence electrons. The van der Waals surface area contributed by atoms with Gasteiger partial charge in [0, 0.05) is 33.7 Å². The third kappa shape index (κ3) is 7.26. The molecule has 9 aromatic carbocycles. The lowest BCUT2D eigenvalue weighted by molar-refractivity contribution is 1.10. The highest BCUT2D eigenvalue weighted by atomic mass is 15.1. The number of para-hydroxylation sites is 1. The summed E-state index contributed by atoms with van der Waals surface area (Å²) in [7, 11) is 0. The van der Waals surface area contributed by atoms with Gasteiger partial charge in [0.1, 0.15) is 0 Å². The van der Waals surface area contributed by atoms with Crippen molar-refractivity contribution in [3.8, 4) is 50.2 Å². The number of rotatable bonds is 10. The molecule has 0 amide bonds. The summed E-state index contributed by atoms with van der Waals surface area (Å²) >= 11 is 0. The van der Waals surface area contributed by atoms with E-state index >= 15 is 0 Å². The van der Waals surface area contributed by atoms with Crippen molar-refractivity contribution in [2.75, 3.05) is 4.90 Å². The molecule has 0 unspecified atom stereocenters. The smallest absolute Gasteiger partial charge is 0.0541 e. The second-order valence-corrected chi connectivity index (χ2v) is 15.4. The Balaban J connectivity index is 1.01. The van der Waals surface area contributed by atoms with Gasteiger partial charge in [0.15, 0.2) is 0 Å². The fraction of sp³-hybridized carbons (Fsp3) is 0.0169. The Morgan fingerprint density at radius 2 is 0.869 bits per heavy atom. The van der Waals surface area contributed by atoms with Crippen molar-refractivity contribution in [2.45, 2.75) is 6.92 Å². The van der Waals surface area contributed by atoms with E-state index in [0.717, 1.165) is 34.0 Å². The first kappa shape index (κ1) is 37.3. The van der Waals surface area contributed by atoms with Crippen LogP contribution in [-0.4, -0.2) is 4.57 Å². The maximum Gasteiger partial charge on any atom is 0.0541 e. The molecule has 61 heavy (non-hydrogen) atoms. The topological polar surface area (TPSA) is 8.17 Å². The summed E-state index contributed by atoms with van der Waals surface area (Å²) in [6.07, 6.45) is 6.24. The number of benzene rings is 9. The minimum Gasteiger partial charge on any atom is -0.311 e. The Labute approximate surface area is 358 Å². The van der Waals surface area contributed by atoms with E-state index in [4.69, 9.17) is 0 Å². The average molecular weight is 781 g/mol. The van der Waals surface area contributed by atoms with E-state index in [1.807, 2.05) is 6.08 Å². The molecule has 0 aliphatic carbocycles. The minimum absolute atomic E-state index is 1.07. The number of anilines is 3. The zero-order valence-corrected chi connectivity index (χ0v) is 34.1. The van der Waals surface area contributed by atoms with Crippen LogP contribution < -0.4 is 4.90 Å². The molecule has 0 radical (unpaired) electrons. The summed E-state index contributed by atoms with van der Waals surface area (Å²) in [5.41, 5.74) is 17.3. The summed E-state index contributed by atoms with van der Waals surface area (Å²) in [6.45, 7) is 6.29. The number of fused-ring (bicyclic) bond motifs is 2. The molecular weight excluding hydrogens is 737 g/mol. The van der Waals surface area contributed by atoms with Crippen LogP contribution in [0.3, 0.4) is 0 Å². The highest BCUT2D eigenvalue weighted by molar-refractivity contribution is 5.95. The molecule has 0 N–H and O–H groups in total. The van der Waals surface area contributed by atoms with E-state index in [1.165, 1.54) is 66.2 Å². The highest BCUT2D eigenvalue weighted by Gasteiger charge is 2.17. The molecule has 2 nitrogen and oxygen atoms in total. The van der Waals surface area contributed by atoms with Gasteiger partial charge < -0.3 is 9.47 Å². The normalized spacial score (nSPS) is 11.4. The lowest BCUT2D eigenvalue weighted by Crippen LogP contribution is -2.10. The Kier molecular flexibility index (Phi) is 10.0. The van der Waals surface area contributed by atoms with Crippen molar-refractivity contribution in [3.63, 3.8) is 0 Å². The number of hydrogen-bond donors (Lipinski definition) is 0. The Morgan fingerprint density at radius 1 is 0.410 bits per heavy atom. The molecule has 0 saturated carbocycles. The van der Waals surface area contributed by atoms with Crippen LogP contribution in [0.2, 0.25) is 0 Å². The summed E-state index contributed by atoms with van der Waals surface area (Å²) < 4.78 is 2.31. The standard InChI is InChI=1S/C59H44N2/c1-3-13-56-57-20-10-11-21-59(57)61(58(56)4-2)55-38-36-54(37-39-55)60(52-32-28-46(29-33-52)45-24-22-44(23-25-45)42-14-6-5-7-15-42)53-34-30-47(31-35-53)49-18-12-19-50(40-49)51-27-26-43-16-8-9-17-48(43)41-51/h3-41H,2H2,1H3/b13-3-. The fourth-order valence-electron chi connectivity index (χ4n) is 8.64. The van der Waals surface area contributed by atoms with Gasteiger partial charge in [-0.1, -0.05) is 170 Å². The van der Waals surface area contributed by atoms with Crippen LogP contribution in [0.5, 0.6) is 0 Å². The van der Waals surface area contributed by atoms with E-state index in [1.54, 1.807) is 0 Å². The first-order chi connectivity index (χ1) is 30.1. The van der Waals surface area contributed by atoms with Crippen LogP contribution in [0.15, 0.2) is 231 Å². The zero-order valence-electron chi connectivity index (χ0n) is 34.1. The first-order valence-corrected chi connectivity index (χ1v) is 20.9. The Morgan fingerprint density at radius 3 is 1.49 bits per heavy atom. The van der Waals surface area contributed by atoms with Crippen LogP contribution in [0.4, 0.5) is 17.1 Å². The van der Waals surface area contributed by atoms with Gasteiger partial charge in [-0.2, -0.15) is 0 Å². The van der Waals surface area contributed by atoms with Crippen molar-refractivity contribution in [3.05, 3.63) is 242 Å². The van der Waals surface area contributed by atoms with E-state index in [0.29, 0.717) is 0 Å². The van der Waals surface area contributed by atoms with Gasteiger partial charge in [-0.25, -0.2) is 0 Å². The second-order valence-electron chi connectivity index (χ2n) is 15.4. The predicted octanol–water partition coefficient (Wildman–Crippen LogP) is 16.6. The van der Waals surface area contributed by atoms with Crippen LogP contribution in [0, 0.1) is 0 Å². The Bertz CT molecular complexity index is 3170. The molecule has 0 aliphatic rings. The van der Waals surface area contributed by atoms with E-state index in [9.17, 15) is 0 Å².